The number of rotatable bonds is 3. The highest BCUT2D eigenvalue weighted by molar-refractivity contribution is 5.11. The molecule has 0 amide bonds. The van der Waals surface area contributed by atoms with Crippen LogP contribution in [0, 0.1) is 12.3 Å². The van der Waals surface area contributed by atoms with E-state index in [0.29, 0.717) is 6.42 Å². The van der Waals surface area contributed by atoms with Crippen molar-refractivity contribution in [3.05, 3.63) is 29.6 Å². The third kappa shape index (κ3) is 3.61. The van der Waals surface area contributed by atoms with Crippen molar-refractivity contribution in [3.8, 4) is 0 Å². The van der Waals surface area contributed by atoms with E-state index in [9.17, 15) is 0 Å². The minimum atomic E-state index is -0.230. The van der Waals surface area contributed by atoms with Gasteiger partial charge in [-0.3, -0.25) is 10.2 Å². The molecule has 0 fully saturated rings. The van der Waals surface area contributed by atoms with Gasteiger partial charge < -0.3 is 0 Å². The fourth-order valence-corrected chi connectivity index (χ4v) is 1.40. The van der Waals surface area contributed by atoms with Crippen LogP contribution in [0.25, 0.3) is 0 Å². The Morgan fingerprint density at radius 2 is 2.07 bits per heavy atom. The lowest BCUT2D eigenvalue weighted by molar-refractivity contribution is -0.299. The molecule has 0 bridgehead atoms. The second-order valence-electron chi connectivity index (χ2n) is 4.93. The molecule has 1 unspecified atom stereocenters. The number of nitrogens with zero attached hydrogens (tertiary/aromatic N) is 1. The van der Waals surface area contributed by atoms with Crippen molar-refractivity contribution in [3.63, 3.8) is 0 Å². The minimum Gasteiger partial charge on any atom is -0.258 e. The third-order valence-electron chi connectivity index (χ3n) is 2.43. The maximum absolute atomic E-state index is 8.86. The molecule has 3 heteroatoms. The number of hydrogen-bond acceptors (Lipinski definition) is 3. The highest BCUT2D eigenvalue weighted by atomic mass is 17.1. The highest BCUT2D eigenvalue weighted by Gasteiger charge is 2.26. The molecule has 0 aromatic carbocycles. The molecule has 15 heavy (non-hydrogen) atoms. The summed E-state index contributed by atoms with van der Waals surface area (Å²) in [6.45, 7) is 8.05. The van der Waals surface area contributed by atoms with E-state index in [2.05, 4.69) is 9.87 Å². The quantitative estimate of drug-likeness (QED) is 0.615. The summed E-state index contributed by atoms with van der Waals surface area (Å²) < 4.78 is 0. The first-order valence-corrected chi connectivity index (χ1v) is 5.16. The van der Waals surface area contributed by atoms with E-state index in [1.807, 2.05) is 45.9 Å². The Morgan fingerprint density at radius 3 is 2.53 bits per heavy atom. The fraction of sp³-hybridized carbons (Fsp3) is 0.583. The molecule has 1 N–H and O–H groups in total. The molecule has 1 rings (SSSR count). The van der Waals surface area contributed by atoms with Gasteiger partial charge in [0.15, 0.2) is 0 Å². The van der Waals surface area contributed by atoms with Crippen LogP contribution in [-0.2, 0) is 11.3 Å². The van der Waals surface area contributed by atoms with Crippen molar-refractivity contribution in [2.75, 3.05) is 0 Å². The maximum Gasteiger partial charge on any atom is 0.103 e. The first kappa shape index (κ1) is 12.1. The zero-order valence-electron chi connectivity index (χ0n) is 9.82. The first-order valence-electron chi connectivity index (χ1n) is 5.16. The summed E-state index contributed by atoms with van der Waals surface area (Å²) in [7, 11) is 0. The van der Waals surface area contributed by atoms with Gasteiger partial charge in [0, 0.05) is 17.8 Å². The van der Waals surface area contributed by atoms with Crippen LogP contribution < -0.4 is 0 Å². The molecule has 0 saturated carbocycles. The standard InChI is InChI=1S/C12H19NO2/c1-9-6-5-7-10(13-9)8-11(15-14)12(2,3)4/h5-7,11,14H,8H2,1-4H3. The van der Waals surface area contributed by atoms with Gasteiger partial charge in [-0.2, -0.15) is 0 Å². The fourth-order valence-electron chi connectivity index (χ4n) is 1.40. The van der Waals surface area contributed by atoms with E-state index in [4.69, 9.17) is 5.26 Å². The zero-order valence-corrected chi connectivity index (χ0v) is 9.82. The van der Waals surface area contributed by atoms with Gasteiger partial charge in [0.2, 0.25) is 0 Å². The Labute approximate surface area is 91.0 Å². The lowest BCUT2D eigenvalue weighted by atomic mass is 9.86. The molecule has 3 nitrogen and oxygen atoms in total. The number of aryl methyl sites for hydroxylation is 1. The van der Waals surface area contributed by atoms with Gasteiger partial charge >= 0.3 is 0 Å². The Balaban J connectivity index is 2.76. The number of aromatic nitrogens is 1. The van der Waals surface area contributed by atoms with E-state index >= 15 is 0 Å². The molecule has 1 aromatic rings. The molecule has 0 aliphatic rings. The van der Waals surface area contributed by atoms with Crippen molar-refractivity contribution in [2.24, 2.45) is 5.41 Å². The average molecular weight is 209 g/mol. The van der Waals surface area contributed by atoms with Gasteiger partial charge in [0.05, 0.1) is 0 Å². The van der Waals surface area contributed by atoms with Gasteiger partial charge in [-0.25, -0.2) is 4.89 Å². The predicted octanol–water partition coefficient (Wildman–Crippen LogP) is 2.84. The summed E-state index contributed by atoms with van der Waals surface area (Å²) in [6.07, 6.45) is 0.397. The third-order valence-corrected chi connectivity index (χ3v) is 2.43. The molecular weight excluding hydrogens is 190 g/mol. The van der Waals surface area contributed by atoms with Gasteiger partial charge in [0.25, 0.3) is 0 Å². The van der Waals surface area contributed by atoms with Crippen molar-refractivity contribution >= 4 is 0 Å². The Kier molecular flexibility index (Phi) is 3.83. The summed E-state index contributed by atoms with van der Waals surface area (Å²) in [6, 6.07) is 5.87. The largest absolute Gasteiger partial charge is 0.258 e. The second kappa shape index (κ2) is 4.73. The zero-order chi connectivity index (χ0) is 11.5. The SMILES string of the molecule is Cc1cccc(CC(OO)C(C)(C)C)n1. The molecular formula is C12H19NO2. The van der Waals surface area contributed by atoms with Crippen molar-refractivity contribution < 1.29 is 10.1 Å². The molecule has 0 aliphatic carbocycles. The molecule has 1 heterocycles. The topological polar surface area (TPSA) is 42.4 Å². The van der Waals surface area contributed by atoms with E-state index in [1.54, 1.807) is 0 Å². The molecule has 1 atom stereocenters. The summed E-state index contributed by atoms with van der Waals surface area (Å²) in [5.41, 5.74) is 1.84. The van der Waals surface area contributed by atoms with Crippen LogP contribution in [0.5, 0.6) is 0 Å². The van der Waals surface area contributed by atoms with Gasteiger partial charge in [-0.05, 0) is 24.5 Å². The van der Waals surface area contributed by atoms with Crippen LogP contribution in [-0.4, -0.2) is 16.3 Å². The molecule has 0 saturated heterocycles. The Bertz CT molecular complexity index is 318. The van der Waals surface area contributed by atoms with Crippen LogP contribution in [0.2, 0.25) is 0 Å². The van der Waals surface area contributed by atoms with Gasteiger partial charge in [0.1, 0.15) is 6.10 Å². The van der Waals surface area contributed by atoms with Crippen LogP contribution in [0.3, 0.4) is 0 Å². The van der Waals surface area contributed by atoms with Crippen molar-refractivity contribution in [1.29, 1.82) is 0 Å². The normalized spacial score (nSPS) is 13.9. The summed E-state index contributed by atoms with van der Waals surface area (Å²) in [5.74, 6) is 0. The van der Waals surface area contributed by atoms with E-state index < -0.39 is 0 Å². The van der Waals surface area contributed by atoms with Crippen LogP contribution in [0.15, 0.2) is 18.2 Å². The Morgan fingerprint density at radius 1 is 1.40 bits per heavy atom. The average Bonchev–Trinajstić information content (AvgIpc) is 2.12. The first-order chi connectivity index (χ1) is 6.93. The smallest absolute Gasteiger partial charge is 0.103 e. The summed E-state index contributed by atoms with van der Waals surface area (Å²) >= 11 is 0. The second-order valence-corrected chi connectivity index (χ2v) is 4.93. The van der Waals surface area contributed by atoms with Crippen molar-refractivity contribution in [2.45, 2.75) is 40.2 Å². The Hall–Kier alpha value is -0.930. The van der Waals surface area contributed by atoms with E-state index in [1.165, 1.54) is 0 Å². The van der Waals surface area contributed by atoms with Crippen molar-refractivity contribution in [1.82, 2.24) is 4.98 Å². The maximum atomic E-state index is 8.86. The number of hydrogen-bond donors (Lipinski definition) is 1. The molecule has 0 aliphatic heterocycles. The predicted molar refractivity (Wildman–Crippen MR) is 59.6 cm³/mol. The summed E-state index contributed by atoms with van der Waals surface area (Å²) in [5, 5.41) is 8.86. The molecule has 84 valence electrons. The monoisotopic (exact) mass is 209 g/mol. The van der Waals surface area contributed by atoms with E-state index in [0.717, 1.165) is 11.4 Å². The molecule has 0 spiro atoms. The summed E-state index contributed by atoms with van der Waals surface area (Å²) in [4.78, 5) is 8.90. The molecule has 0 radical (unpaired) electrons. The highest BCUT2D eigenvalue weighted by Crippen LogP contribution is 2.24. The van der Waals surface area contributed by atoms with Gasteiger partial charge in [-0.1, -0.05) is 26.8 Å². The van der Waals surface area contributed by atoms with Gasteiger partial charge in [-0.15, -0.1) is 0 Å². The van der Waals surface area contributed by atoms with Crippen LogP contribution >= 0.6 is 0 Å². The van der Waals surface area contributed by atoms with E-state index in [-0.39, 0.29) is 11.5 Å². The number of pyridine rings is 1. The molecule has 1 aromatic heterocycles. The lowest BCUT2D eigenvalue weighted by Crippen LogP contribution is -2.30. The van der Waals surface area contributed by atoms with Crippen LogP contribution in [0.4, 0.5) is 0 Å². The minimum absolute atomic E-state index is 0.0970. The lowest BCUT2D eigenvalue weighted by Gasteiger charge is -2.27. The van der Waals surface area contributed by atoms with Crippen LogP contribution in [0.1, 0.15) is 32.2 Å².